The van der Waals surface area contributed by atoms with Gasteiger partial charge < -0.3 is 15.5 Å². The van der Waals surface area contributed by atoms with Crippen LogP contribution in [0.2, 0.25) is 0 Å². The molecule has 0 radical (unpaired) electrons. The maximum absolute atomic E-state index is 13.3. The van der Waals surface area contributed by atoms with Crippen molar-refractivity contribution in [1.82, 2.24) is 14.9 Å². The van der Waals surface area contributed by atoms with Crippen molar-refractivity contribution in [2.75, 3.05) is 17.9 Å². The first-order chi connectivity index (χ1) is 16.1. The number of benzene rings is 3. The Morgan fingerprint density at radius 1 is 1.03 bits per heavy atom. The summed E-state index contributed by atoms with van der Waals surface area (Å²) in [5.74, 6) is 0.799. The van der Waals surface area contributed by atoms with Crippen LogP contribution in [-0.2, 0) is 4.79 Å². The molecule has 0 aliphatic carbocycles. The summed E-state index contributed by atoms with van der Waals surface area (Å²) in [7, 11) is 1.61. The monoisotopic (exact) mass is 461 g/mol. The molecule has 4 aromatic rings. The highest BCUT2D eigenvalue weighted by molar-refractivity contribution is 8.00. The van der Waals surface area contributed by atoms with Crippen LogP contribution in [-0.4, -0.2) is 33.1 Å². The Kier molecular flexibility index (Phi) is 5.70. The standard InChI is InChI=1S/C24H20FN5O2S/c1-32-19-13-7-15(8-14-19)20-21(23(31)26-18-11-9-17(25)10-12-18)33-24-28-27-22(30(24)29-20)16-5-3-2-4-6-16/h2-14,20-21,29H,1H3,(H,26,31)/t20-,21+/m1/s1. The number of rotatable bonds is 5. The number of anilines is 1. The Hall–Kier alpha value is -3.85. The third-order valence-corrected chi connectivity index (χ3v) is 6.53. The Morgan fingerprint density at radius 3 is 2.45 bits per heavy atom. The normalized spacial score (nSPS) is 17.0. The van der Waals surface area contributed by atoms with Gasteiger partial charge >= 0.3 is 0 Å². The van der Waals surface area contributed by atoms with E-state index >= 15 is 0 Å². The fraction of sp³-hybridized carbons (Fsp3) is 0.125. The van der Waals surface area contributed by atoms with Crippen LogP contribution in [0.25, 0.3) is 11.4 Å². The average Bonchev–Trinajstić information content (AvgIpc) is 3.28. The van der Waals surface area contributed by atoms with E-state index < -0.39 is 5.25 Å². The minimum atomic E-state index is -0.552. The number of halogens is 1. The van der Waals surface area contributed by atoms with Crippen molar-refractivity contribution in [3.63, 3.8) is 0 Å². The Labute approximate surface area is 194 Å². The number of amides is 1. The second-order valence-electron chi connectivity index (χ2n) is 7.42. The molecule has 1 aromatic heterocycles. The molecule has 0 unspecified atom stereocenters. The molecule has 1 aliphatic rings. The molecular weight excluding hydrogens is 441 g/mol. The molecule has 0 bridgehead atoms. The van der Waals surface area contributed by atoms with Gasteiger partial charge in [-0.3, -0.25) is 4.79 Å². The minimum absolute atomic E-state index is 0.226. The van der Waals surface area contributed by atoms with Crippen molar-refractivity contribution in [3.05, 3.63) is 90.2 Å². The van der Waals surface area contributed by atoms with E-state index in [1.54, 1.807) is 7.11 Å². The van der Waals surface area contributed by atoms with Gasteiger partial charge in [-0.2, -0.15) is 0 Å². The molecule has 0 spiro atoms. The largest absolute Gasteiger partial charge is 0.497 e. The van der Waals surface area contributed by atoms with Gasteiger partial charge in [-0.25, -0.2) is 9.07 Å². The number of carbonyl (C=O) groups is 1. The van der Waals surface area contributed by atoms with Crippen molar-refractivity contribution < 1.29 is 13.9 Å². The molecule has 2 heterocycles. The summed E-state index contributed by atoms with van der Waals surface area (Å²) in [6.07, 6.45) is 0. The number of thioether (sulfide) groups is 1. The molecule has 7 nitrogen and oxygen atoms in total. The van der Waals surface area contributed by atoms with Crippen LogP contribution in [0.3, 0.4) is 0 Å². The molecule has 0 fully saturated rings. The van der Waals surface area contributed by atoms with Gasteiger partial charge in [0, 0.05) is 11.3 Å². The van der Waals surface area contributed by atoms with Crippen molar-refractivity contribution >= 4 is 23.4 Å². The summed E-state index contributed by atoms with van der Waals surface area (Å²) in [4.78, 5) is 13.3. The quantitative estimate of drug-likeness (QED) is 0.456. The van der Waals surface area contributed by atoms with Crippen molar-refractivity contribution in [1.29, 1.82) is 0 Å². The smallest absolute Gasteiger partial charge is 0.240 e. The lowest BCUT2D eigenvalue weighted by Crippen LogP contribution is -2.41. The van der Waals surface area contributed by atoms with Gasteiger partial charge in [-0.1, -0.05) is 54.2 Å². The van der Waals surface area contributed by atoms with E-state index in [4.69, 9.17) is 4.74 Å². The number of ether oxygens (including phenoxy) is 1. The number of nitrogens with zero attached hydrogens (tertiary/aromatic N) is 3. The van der Waals surface area contributed by atoms with Crippen LogP contribution in [0.4, 0.5) is 10.1 Å². The molecule has 1 amide bonds. The second kappa shape index (κ2) is 8.95. The van der Waals surface area contributed by atoms with Crippen LogP contribution >= 0.6 is 11.8 Å². The van der Waals surface area contributed by atoms with Crippen LogP contribution in [0.5, 0.6) is 5.75 Å². The third kappa shape index (κ3) is 4.27. The lowest BCUT2D eigenvalue weighted by molar-refractivity contribution is -0.116. The van der Waals surface area contributed by atoms with Crippen LogP contribution in [0.15, 0.2) is 84.0 Å². The van der Waals surface area contributed by atoms with Crippen molar-refractivity contribution in [3.8, 4) is 17.1 Å². The summed E-state index contributed by atoms with van der Waals surface area (Å²) in [6, 6.07) is 22.6. The fourth-order valence-electron chi connectivity index (χ4n) is 3.64. The van der Waals surface area contributed by atoms with Crippen molar-refractivity contribution in [2.24, 2.45) is 0 Å². The van der Waals surface area contributed by atoms with Gasteiger partial charge in [-0.15, -0.1) is 10.2 Å². The zero-order valence-electron chi connectivity index (χ0n) is 17.6. The number of carbonyl (C=O) groups excluding carboxylic acids is 1. The first-order valence-corrected chi connectivity index (χ1v) is 11.1. The fourth-order valence-corrected chi connectivity index (χ4v) is 4.72. The predicted molar refractivity (Wildman–Crippen MR) is 125 cm³/mol. The van der Waals surface area contributed by atoms with Gasteiger partial charge in [-0.05, 0) is 42.0 Å². The van der Waals surface area contributed by atoms with Crippen molar-refractivity contribution in [2.45, 2.75) is 16.4 Å². The van der Waals surface area contributed by atoms with Gasteiger partial charge in [0.1, 0.15) is 16.8 Å². The number of fused-ring (bicyclic) bond motifs is 1. The van der Waals surface area contributed by atoms with Crippen LogP contribution in [0.1, 0.15) is 11.6 Å². The topological polar surface area (TPSA) is 81.1 Å². The Morgan fingerprint density at radius 2 is 1.76 bits per heavy atom. The maximum Gasteiger partial charge on any atom is 0.240 e. The van der Waals surface area contributed by atoms with Gasteiger partial charge in [0.25, 0.3) is 0 Å². The third-order valence-electron chi connectivity index (χ3n) is 5.31. The zero-order valence-corrected chi connectivity index (χ0v) is 18.4. The lowest BCUT2D eigenvalue weighted by Gasteiger charge is -2.33. The highest BCUT2D eigenvalue weighted by Gasteiger charge is 2.38. The molecule has 5 rings (SSSR count). The summed E-state index contributed by atoms with van der Waals surface area (Å²) in [5, 5.41) is 11.6. The molecule has 3 aromatic carbocycles. The molecule has 0 saturated carbocycles. The second-order valence-corrected chi connectivity index (χ2v) is 8.53. The number of methoxy groups -OCH3 is 1. The number of hydrogen-bond acceptors (Lipinski definition) is 6. The average molecular weight is 462 g/mol. The highest BCUT2D eigenvalue weighted by atomic mass is 32.2. The maximum atomic E-state index is 13.3. The van der Waals surface area contributed by atoms with E-state index in [1.165, 1.54) is 36.0 Å². The van der Waals surface area contributed by atoms with Gasteiger partial charge in [0.2, 0.25) is 11.1 Å². The van der Waals surface area contributed by atoms with E-state index in [0.717, 1.165) is 16.9 Å². The molecule has 2 atom stereocenters. The van der Waals surface area contributed by atoms with E-state index in [2.05, 4.69) is 20.9 Å². The Balaban J connectivity index is 1.50. The summed E-state index contributed by atoms with van der Waals surface area (Å²) < 4.78 is 20.4. The van der Waals surface area contributed by atoms with E-state index in [0.29, 0.717) is 16.7 Å². The molecule has 33 heavy (non-hydrogen) atoms. The van der Waals surface area contributed by atoms with Crippen LogP contribution < -0.4 is 15.5 Å². The molecule has 166 valence electrons. The predicted octanol–water partition coefficient (Wildman–Crippen LogP) is 4.49. The highest BCUT2D eigenvalue weighted by Crippen LogP contribution is 2.39. The molecule has 1 aliphatic heterocycles. The van der Waals surface area contributed by atoms with Gasteiger partial charge in [0.05, 0.1) is 13.2 Å². The van der Waals surface area contributed by atoms with E-state index in [9.17, 15) is 9.18 Å². The number of hydrogen-bond donors (Lipinski definition) is 2. The summed E-state index contributed by atoms with van der Waals surface area (Å²) in [5.41, 5.74) is 5.77. The van der Waals surface area contributed by atoms with E-state index in [-0.39, 0.29) is 17.8 Å². The summed E-state index contributed by atoms with van der Waals surface area (Å²) >= 11 is 1.33. The molecule has 2 N–H and O–H groups in total. The first kappa shape index (κ1) is 21.0. The molecule has 9 heteroatoms. The zero-order chi connectivity index (χ0) is 22.8. The minimum Gasteiger partial charge on any atom is -0.497 e. The van der Waals surface area contributed by atoms with Gasteiger partial charge in [0.15, 0.2) is 5.82 Å². The molecule has 0 saturated heterocycles. The van der Waals surface area contributed by atoms with Crippen LogP contribution in [0, 0.1) is 5.82 Å². The summed E-state index contributed by atoms with van der Waals surface area (Å²) in [6.45, 7) is 0. The molecular formula is C24H20FN5O2S. The SMILES string of the molecule is COc1ccc([C@H]2Nn3c(nnc3-c3ccccc3)S[C@@H]2C(=O)Nc2ccc(F)cc2)cc1. The Bertz CT molecular complexity index is 1260. The number of aromatic nitrogens is 3. The lowest BCUT2D eigenvalue weighted by atomic mass is 10.0. The van der Waals surface area contributed by atoms with E-state index in [1.807, 2.05) is 59.3 Å². The number of nitrogens with one attached hydrogen (secondary N) is 2. The first-order valence-electron chi connectivity index (χ1n) is 10.3.